The van der Waals surface area contributed by atoms with Gasteiger partial charge in [-0.1, -0.05) is 0 Å². The molecule has 18 nitrogen and oxygen atoms in total. The predicted molar refractivity (Wildman–Crippen MR) is 137 cm³/mol. The van der Waals surface area contributed by atoms with Crippen LogP contribution in [0.2, 0.25) is 0 Å². The highest BCUT2D eigenvalue weighted by atomic mass is 16.7. The Hall–Kier alpha value is -4.32. The Kier molecular flexibility index (Phi) is 15.2. The second-order valence-corrected chi connectivity index (χ2v) is 9.18. The van der Waals surface area contributed by atoms with Crippen LogP contribution in [-0.4, -0.2) is 117 Å². The molecule has 0 bridgehead atoms. The van der Waals surface area contributed by atoms with Crippen molar-refractivity contribution in [1.29, 1.82) is 0 Å². The molecule has 0 aromatic carbocycles. The molecule has 1 heterocycles. The van der Waals surface area contributed by atoms with Gasteiger partial charge in [-0.15, -0.1) is 0 Å². The second kappa shape index (κ2) is 17.7. The molecule has 1 aliphatic heterocycles. The molecule has 0 saturated carbocycles. The molecule has 8 atom stereocenters. The van der Waals surface area contributed by atoms with Gasteiger partial charge in [-0.3, -0.25) is 33.6 Å². The van der Waals surface area contributed by atoms with E-state index in [1.54, 1.807) is 0 Å². The van der Waals surface area contributed by atoms with E-state index in [1.807, 2.05) is 0 Å². The Balaban J connectivity index is 3.61. The van der Waals surface area contributed by atoms with Crippen molar-refractivity contribution in [1.82, 2.24) is 0 Å². The molecule has 0 amide bonds. The molecular weight excluding hydrogens is 600 g/mol. The van der Waals surface area contributed by atoms with Gasteiger partial charge in [0.25, 0.3) is 0 Å². The number of carbonyl (C=O) groups excluding carboxylic acids is 8. The Morgan fingerprint density at radius 1 is 0.614 bits per heavy atom. The maximum atomic E-state index is 12.5. The number of hydrogen-bond donors (Lipinski definition) is 0. The Bertz CT molecular complexity index is 1080. The minimum Gasteiger partial charge on any atom is -0.466 e. The smallest absolute Gasteiger partial charge is 0.351 e. The van der Waals surface area contributed by atoms with Crippen LogP contribution in [0.3, 0.4) is 0 Å². The lowest BCUT2D eigenvalue weighted by molar-refractivity contribution is -0.313. The summed E-state index contributed by atoms with van der Waals surface area (Å²) in [5.41, 5.74) is 0. The van der Waals surface area contributed by atoms with Crippen molar-refractivity contribution in [2.24, 2.45) is 0 Å². The molecule has 1 aliphatic rings. The first-order valence-electron chi connectivity index (χ1n) is 13.0. The van der Waals surface area contributed by atoms with Crippen LogP contribution >= 0.6 is 0 Å². The maximum Gasteiger partial charge on any atom is 0.351 e. The van der Waals surface area contributed by atoms with Crippen LogP contribution in [0.4, 0.5) is 0 Å². The number of methoxy groups -OCH3 is 1. The lowest BCUT2D eigenvalue weighted by Crippen LogP contribution is -2.63. The van der Waals surface area contributed by atoms with E-state index in [9.17, 15) is 38.4 Å². The SMILES string of the molecule is COC(=O)[C@@H](OC(C)=O)[C@H](OC(C)=O)[C@@H](CO[C@H]1O[C@H](COC(C)=O)[C@@H](OC(C)=O)[C@H](OC(C)=O)[C@H]1OC(C)=O)OC(C)=O. The highest BCUT2D eigenvalue weighted by molar-refractivity contribution is 5.80. The topological polar surface area (TPSA) is 229 Å². The third-order valence-electron chi connectivity index (χ3n) is 5.38. The number of rotatable bonds is 14. The average Bonchev–Trinajstić information content (AvgIpc) is 2.88. The standard InChI is InChI=1S/C26H36O18/c1-11(27)36-9-19-20(39-13(3)29)22(41-15(5)31)24(43-17(7)33)26(44-19)37-10-18(38-12(2)28)21(40-14(4)30)23(25(34)35-8)42-16(6)32/h18-24,26H,9-10H2,1-8H3/t18-,19-,20-,21-,22+,23+,24-,26+/m1/s1. The highest BCUT2D eigenvalue weighted by Crippen LogP contribution is 2.30. The maximum absolute atomic E-state index is 12.5. The van der Waals surface area contributed by atoms with Crippen molar-refractivity contribution < 1.29 is 85.7 Å². The third kappa shape index (κ3) is 12.5. The molecular formula is C26H36O18. The monoisotopic (exact) mass is 636 g/mol. The largest absolute Gasteiger partial charge is 0.466 e. The van der Waals surface area contributed by atoms with E-state index >= 15 is 0 Å². The lowest BCUT2D eigenvalue weighted by atomic mass is 9.98. The number of ether oxygens (including phenoxy) is 10. The van der Waals surface area contributed by atoms with Crippen molar-refractivity contribution in [3.05, 3.63) is 0 Å². The summed E-state index contributed by atoms with van der Waals surface area (Å²) in [6.07, 6.45) is -13.3. The molecule has 1 saturated heterocycles. The van der Waals surface area contributed by atoms with Crippen molar-refractivity contribution in [3.63, 3.8) is 0 Å². The third-order valence-corrected chi connectivity index (χ3v) is 5.38. The molecule has 44 heavy (non-hydrogen) atoms. The first-order chi connectivity index (χ1) is 20.5. The summed E-state index contributed by atoms with van der Waals surface area (Å²) in [6, 6.07) is 0. The number of hydrogen-bond acceptors (Lipinski definition) is 18. The normalized spacial score (nSPS) is 23.0. The van der Waals surface area contributed by atoms with Gasteiger partial charge in [0.15, 0.2) is 36.8 Å². The van der Waals surface area contributed by atoms with Gasteiger partial charge in [0.05, 0.1) is 13.7 Å². The molecule has 1 fully saturated rings. The van der Waals surface area contributed by atoms with Gasteiger partial charge < -0.3 is 47.4 Å². The minimum atomic E-state index is -1.94. The van der Waals surface area contributed by atoms with Crippen molar-refractivity contribution in [2.45, 2.75) is 97.5 Å². The number of carbonyl (C=O) groups is 8. The summed E-state index contributed by atoms with van der Waals surface area (Å²) < 4.78 is 52.5. The molecule has 0 unspecified atom stereocenters. The summed E-state index contributed by atoms with van der Waals surface area (Å²) >= 11 is 0. The van der Waals surface area contributed by atoms with Crippen LogP contribution in [0.25, 0.3) is 0 Å². The summed E-state index contributed by atoms with van der Waals surface area (Å²) in [5.74, 6) is -7.54. The number of esters is 8. The Morgan fingerprint density at radius 3 is 1.57 bits per heavy atom. The van der Waals surface area contributed by atoms with E-state index in [1.165, 1.54) is 0 Å². The summed E-state index contributed by atoms with van der Waals surface area (Å²) in [7, 11) is 0.957. The van der Waals surface area contributed by atoms with Crippen LogP contribution in [0.15, 0.2) is 0 Å². The highest BCUT2D eigenvalue weighted by Gasteiger charge is 2.53. The summed E-state index contributed by atoms with van der Waals surface area (Å²) in [6.45, 7) is 5.68. The van der Waals surface area contributed by atoms with Gasteiger partial charge in [0.1, 0.15) is 12.7 Å². The fraction of sp³-hybridized carbons (Fsp3) is 0.692. The Labute approximate surface area is 251 Å². The zero-order chi connectivity index (χ0) is 33.7. The van der Waals surface area contributed by atoms with E-state index in [4.69, 9.17) is 42.6 Å². The Morgan fingerprint density at radius 2 is 1.11 bits per heavy atom. The van der Waals surface area contributed by atoms with E-state index < -0.39 is 110 Å². The quantitative estimate of drug-likeness (QED) is 0.165. The molecule has 0 spiro atoms. The van der Waals surface area contributed by atoms with Gasteiger partial charge in [0, 0.05) is 48.5 Å². The van der Waals surface area contributed by atoms with Gasteiger partial charge in [-0.2, -0.15) is 0 Å². The van der Waals surface area contributed by atoms with Crippen LogP contribution in [0.5, 0.6) is 0 Å². The van der Waals surface area contributed by atoms with E-state index in [-0.39, 0.29) is 0 Å². The predicted octanol–water partition coefficient (Wildman–Crippen LogP) is -0.946. The van der Waals surface area contributed by atoms with Crippen LogP contribution in [0.1, 0.15) is 48.5 Å². The van der Waals surface area contributed by atoms with E-state index in [0.29, 0.717) is 0 Å². The second-order valence-electron chi connectivity index (χ2n) is 9.18. The zero-order valence-corrected chi connectivity index (χ0v) is 25.4. The fourth-order valence-corrected chi connectivity index (χ4v) is 3.99. The molecule has 0 aliphatic carbocycles. The van der Waals surface area contributed by atoms with E-state index in [2.05, 4.69) is 4.74 Å². The fourth-order valence-electron chi connectivity index (χ4n) is 3.99. The average molecular weight is 637 g/mol. The lowest BCUT2D eigenvalue weighted by Gasteiger charge is -2.44. The van der Waals surface area contributed by atoms with Crippen LogP contribution < -0.4 is 0 Å². The molecule has 0 aromatic heterocycles. The van der Waals surface area contributed by atoms with Crippen molar-refractivity contribution in [3.8, 4) is 0 Å². The van der Waals surface area contributed by atoms with Crippen molar-refractivity contribution >= 4 is 47.8 Å². The molecule has 248 valence electrons. The molecule has 0 radical (unpaired) electrons. The molecule has 0 N–H and O–H groups in total. The van der Waals surface area contributed by atoms with Gasteiger partial charge >= 0.3 is 47.8 Å². The summed E-state index contributed by atoms with van der Waals surface area (Å²) in [4.78, 5) is 95.7. The van der Waals surface area contributed by atoms with E-state index in [0.717, 1.165) is 55.6 Å². The van der Waals surface area contributed by atoms with Gasteiger partial charge in [0.2, 0.25) is 6.10 Å². The first-order valence-corrected chi connectivity index (χ1v) is 13.0. The zero-order valence-electron chi connectivity index (χ0n) is 25.4. The summed E-state index contributed by atoms with van der Waals surface area (Å²) in [5, 5.41) is 0. The van der Waals surface area contributed by atoms with Gasteiger partial charge in [-0.25, -0.2) is 4.79 Å². The van der Waals surface area contributed by atoms with Crippen molar-refractivity contribution in [2.75, 3.05) is 20.3 Å². The first kappa shape index (κ1) is 37.7. The molecule has 18 heteroatoms. The molecule has 0 aromatic rings. The minimum absolute atomic E-state index is 0.558. The van der Waals surface area contributed by atoms with Crippen LogP contribution in [0, 0.1) is 0 Å². The molecule has 1 rings (SSSR count). The van der Waals surface area contributed by atoms with Crippen LogP contribution in [-0.2, 0) is 85.7 Å². The van der Waals surface area contributed by atoms with Gasteiger partial charge in [-0.05, 0) is 0 Å².